The Morgan fingerprint density at radius 3 is 2.93 bits per heavy atom. The van der Waals surface area contributed by atoms with Crippen LogP contribution in [0.25, 0.3) is 22.1 Å². The molecule has 0 N–H and O–H groups in total. The van der Waals surface area contributed by atoms with Crippen LogP contribution in [0.3, 0.4) is 0 Å². The first-order valence-corrected chi connectivity index (χ1v) is 9.39. The molecular formula is C21H21N5O. The molecule has 1 aromatic carbocycles. The van der Waals surface area contributed by atoms with E-state index in [1.54, 1.807) is 6.20 Å². The monoisotopic (exact) mass is 359 g/mol. The SMILES string of the molecule is Cc1nc(CCc2nc3c4c(ccc3n2C)CCCO4)nc2cccnc12. The van der Waals surface area contributed by atoms with Crippen molar-refractivity contribution in [2.75, 3.05) is 6.61 Å². The van der Waals surface area contributed by atoms with E-state index in [0.29, 0.717) is 0 Å². The molecule has 0 unspecified atom stereocenters. The molecule has 0 fully saturated rings. The smallest absolute Gasteiger partial charge is 0.150 e. The highest BCUT2D eigenvalue weighted by Gasteiger charge is 2.19. The molecule has 4 heterocycles. The summed E-state index contributed by atoms with van der Waals surface area (Å²) in [5.74, 6) is 2.82. The highest BCUT2D eigenvalue weighted by molar-refractivity contribution is 5.84. The molecule has 6 heteroatoms. The fraction of sp³-hybridized carbons (Fsp3) is 0.333. The number of pyridine rings is 1. The largest absolute Gasteiger partial charge is 0.491 e. The van der Waals surface area contributed by atoms with Crippen LogP contribution in [0.15, 0.2) is 30.5 Å². The van der Waals surface area contributed by atoms with E-state index in [2.05, 4.69) is 38.7 Å². The lowest BCUT2D eigenvalue weighted by Gasteiger charge is -2.17. The summed E-state index contributed by atoms with van der Waals surface area (Å²) in [4.78, 5) is 18.6. The summed E-state index contributed by atoms with van der Waals surface area (Å²) in [6.45, 7) is 2.76. The number of imidazole rings is 1. The van der Waals surface area contributed by atoms with Crippen LogP contribution in [0, 0.1) is 6.92 Å². The average Bonchev–Trinajstić information content (AvgIpc) is 3.03. The van der Waals surface area contributed by atoms with Crippen molar-refractivity contribution in [2.24, 2.45) is 7.05 Å². The van der Waals surface area contributed by atoms with Crippen molar-refractivity contribution < 1.29 is 4.74 Å². The Balaban J connectivity index is 1.47. The van der Waals surface area contributed by atoms with Gasteiger partial charge in [0.05, 0.1) is 23.3 Å². The lowest BCUT2D eigenvalue weighted by Crippen LogP contribution is -2.08. The number of hydrogen-bond donors (Lipinski definition) is 0. The molecule has 1 aliphatic rings. The molecule has 0 spiro atoms. The minimum absolute atomic E-state index is 0.742. The van der Waals surface area contributed by atoms with Gasteiger partial charge >= 0.3 is 0 Å². The Hall–Kier alpha value is -3.02. The van der Waals surface area contributed by atoms with E-state index >= 15 is 0 Å². The molecule has 0 amide bonds. The Morgan fingerprint density at radius 2 is 2.00 bits per heavy atom. The molecule has 0 bridgehead atoms. The number of benzene rings is 1. The second kappa shape index (κ2) is 6.30. The minimum atomic E-state index is 0.742. The second-order valence-electron chi connectivity index (χ2n) is 7.06. The van der Waals surface area contributed by atoms with Crippen LogP contribution in [0.4, 0.5) is 0 Å². The van der Waals surface area contributed by atoms with E-state index in [-0.39, 0.29) is 0 Å². The summed E-state index contributed by atoms with van der Waals surface area (Å²) >= 11 is 0. The first kappa shape index (κ1) is 16.2. The predicted octanol–water partition coefficient (Wildman–Crippen LogP) is 3.33. The third kappa shape index (κ3) is 2.72. The van der Waals surface area contributed by atoms with Gasteiger partial charge in [-0.2, -0.15) is 0 Å². The van der Waals surface area contributed by atoms with E-state index in [1.165, 1.54) is 5.56 Å². The third-order valence-corrected chi connectivity index (χ3v) is 5.27. The van der Waals surface area contributed by atoms with Gasteiger partial charge in [0.25, 0.3) is 0 Å². The van der Waals surface area contributed by atoms with Crippen LogP contribution in [0.5, 0.6) is 5.75 Å². The van der Waals surface area contributed by atoms with Gasteiger partial charge < -0.3 is 9.30 Å². The van der Waals surface area contributed by atoms with E-state index in [1.807, 2.05) is 19.1 Å². The lowest BCUT2D eigenvalue weighted by atomic mass is 10.1. The third-order valence-electron chi connectivity index (χ3n) is 5.27. The maximum atomic E-state index is 5.92. The van der Waals surface area contributed by atoms with Gasteiger partial charge in [0, 0.05) is 26.1 Å². The van der Waals surface area contributed by atoms with Crippen LogP contribution >= 0.6 is 0 Å². The molecule has 6 nitrogen and oxygen atoms in total. The van der Waals surface area contributed by atoms with Crippen molar-refractivity contribution in [3.05, 3.63) is 53.4 Å². The Kier molecular flexibility index (Phi) is 3.77. The van der Waals surface area contributed by atoms with Gasteiger partial charge in [0.2, 0.25) is 0 Å². The molecule has 0 saturated carbocycles. The number of fused-ring (bicyclic) bond motifs is 4. The van der Waals surface area contributed by atoms with E-state index in [0.717, 1.165) is 77.4 Å². The molecule has 0 radical (unpaired) electrons. The Morgan fingerprint density at radius 1 is 1.07 bits per heavy atom. The van der Waals surface area contributed by atoms with E-state index in [9.17, 15) is 0 Å². The molecule has 5 rings (SSSR count). The summed E-state index contributed by atoms with van der Waals surface area (Å²) in [7, 11) is 2.07. The molecular weight excluding hydrogens is 338 g/mol. The quantitative estimate of drug-likeness (QED) is 0.561. The molecule has 3 aromatic heterocycles. The van der Waals surface area contributed by atoms with Gasteiger partial charge in [-0.3, -0.25) is 4.98 Å². The topological polar surface area (TPSA) is 65.7 Å². The van der Waals surface area contributed by atoms with Crippen molar-refractivity contribution in [3.63, 3.8) is 0 Å². The summed E-state index contributed by atoms with van der Waals surface area (Å²) in [5, 5.41) is 0. The second-order valence-corrected chi connectivity index (χ2v) is 7.06. The van der Waals surface area contributed by atoms with Gasteiger partial charge in [0.1, 0.15) is 28.4 Å². The molecule has 27 heavy (non-hydrogen) atoms. The van der Waals surface area contributed by atoms with Gasteiger partial charge in [-0.05, 0) is 43.5 Å². The van der Waals surface area contributed by atoms with Crippen molar-refractivity contribution in [1.82, 2.24) is 24.5 Å². The summed E-state index contributed by atoms with van der Waals surface area (Å²) < 4.78 is 8.08. The fourth-order valence-electron chi connectivity index (χ4n) is 3.85. The normalized spacial score (nSPS) is 13.7. The van der Waals surface area contributed by atoms with Gasteiger partial charge in [0.15, 0.2) is 0 Å². The molecule has 1 aliphatic heterocycles. The van der Waals surface area contributed by atoms with Crippen LogP contribution in [-0.2, 0) is 26.3 Å². The first-order chi connectivity index (χ1) is 13.2. The lowest BCUT2D eigenvalue weighted by molar-refractivity contribution is 0.291. The maximum absolute atomic E-state index is 5.92. The molecule has 136 valence electrons. The Bertz CT molecular complexity index is 1160. The number of aromatic nitrogens is 5. The number of hydrogen-bond acceptors (Lipinski definition) is 5. The highest BCUT2D eigenvalue weighted by Crippen LogP contribution is 2.33. The number of nitrogens with zero attached hydrogens (tertiary/aromatic N) is 5. The van der Waals surface area contributed by atoms with Crippen LogP contribution in [0.2, 0.25) is 0 Å². The van der Waals surface area contributed by atoms with Gasteiger partial charge in [-0.1, -0.05) is 6.07 Å². The Labute approximate surface area is 157 Å². The van der Waals surface area contributed by atoms with Crippen molar-refractivity contribution >= 4 is 22.1 Å². The van der Waals surface area contributed by atoms with Crippen molar-refractivity contribution in [3.8, 4) is 5.75 Å². The average molecular weight is 359 g/mol. The number of rotatable bonds is 3. The molecule has 0 aliphatic carbocycles. The molecule has 0 atom stereocenters. The maximum Gasteiger partial charge on any atom is 0.150 e. The van der Waals surface area contributed by atoms with E-state index < -0.39 is 0 Å². The first-order valence-electron chi connectivity index (χ1n) is 9.39. The van der Waals surface area contributed by atoms with Crippen LogP contribution in [0.1, 0.15) is 29.3 Å². The minimum Gasteiger partial charge on any atom is -0.491 e. The molecule has 0 saturated heterocycles. The molecule has 4 aromatic rings. The predicted molar refractivity (Wildman–Crippen MR) is 104 cm³/mol. The van der Waals surface area contributed by atoms with Crippen molar-refractivity contribution in [1.29, 1.82) is 0 Å². The summed E-state index contributed by atoms with van der Waals surface area (Å²) in [6.07, 6.45) is 5.44. The summed E-state index contributed by atoms with van der Waals surface area (Å²) in [5.41, 5.74) is 6.04. The van der Waals surface area contributed by atoms with Crippen LogP contribution < -0.4 is 4.74 Å². The van der Waals surface area contributed by atoms with E-state index in [4.69, 9.17) is 9.72 Å². The van der Waals surface area contributed by atoms with Crippen molar-refractivity contribution in [2.45, 2.75) is 32.6 Å². The zero-order chi connectivity index (χ0) is 18.4. The number of aryl methyl sites for hydroxylation is 5. The standard InChI is InChI=1S/C21H21N5O/c1-13-19-15(6-3-11-22-19)24-17(23-13)9-10-18-25-20-16(26(18)2)8-7-14-5-4-12-27-21(14)20/h3,6-8,11H,4-5,9-10,12H2,1-2H3. The van der Waals surface area contributed by atoms with Gasteiger partial charge in [-0.25, -0.2) is 15.0 Å². The van der Waals surface area contributed by atoms with Gasteiger partial charge in [-0.15, -0.1) is 0 Å². The number of ether oxygens (including phenoxy) is 1. The highest BCUT2D eigenvalue weighted by atomic mass is 16.5. The zero-order valence-corrected chi connectivity index (χ0v) is 15.6. The fourth-order valence-corrected chi connectivity index (χ4v) is 3.85. The zero-order valence-electron chi connectivity index (χ0n) is 15.6. The van der Waals surface area contributed by atoms with Crippen LogP contribution in [-0.4, -0.2) is 31.1 Å². The summed E-state index contributed by atoms with van der Waals surface area (Å²) in [6, 6.07) is 8.22.